The number of sulfone groups is 1. The summed E-state index contributed by atoms with van der Waals surface area (Å²) >= 11 is 0. The van der Waals surface area contributed by atoms with E-state index in [1.165, 1.54) is 12.1 Å². The molecule has 0 fully saturated rings. The van der Waals surface area contributed by atoms with E-state index >= 15 is 0 Å². The molecule has 5 rings (SSSR count). The fourth-order valence-electron chi connectivity index (χ4n) is 4.16. The van der Waals surface area contributed by atoms with Gasteiger partial charge in [-0.2, -0.15) is 4.98 Å². The molecule has 0 saturated heterocycles. The maximum absolute atomic E-state index is 13.7. The Bertz CT molecular complexity index is 1560. The maximum atomic E-state index is 13.7. The summed E-state index contributed by atoms with van der Waals surface area (Å²) < 4.78 is 55.3. The fourth-order valence-corrected chi connectivity index (χ4v) is 5.45. The van der Waals surface area contributed by atoms with Gasteiger partial charge in [0.05, 0.1) is 19.1 Å². The molecule has 198 valence electrons. The monoisotopic (exact) mass is 536 g/mol. The molecule has 0 spiro atoms. The summed E-state index contributed by atoms with van der Waals surface area (Å²) in [6.45, 7) is 3.10. The molecule has 0 atom stereocenters. The van der Waals surface area contributed by atoms with Crippen LogP contribution in [0.15, 0.2) is 75.0 Å². The average Bonchev–Trinajstić information content (AvgIpc) is 3.38. The molecular weight excluding hydrogens is 508 g/mol. The van der Waals surface area contributed by atoms with Gasteiger partial charge >= 0.3 is 0 Å². The normalized spacial score (nSPS) is 12.7. The van der Waals surface area contributed by atoms with Gasteiger partial charge in [-0.3, -0.25) is 0 Å². The highest BCUT2D eigenvalue weighted by Gasteiger charge is 2.30. The van der Waals surface area contributed by atoms with E-state index in [2.05, 4.69) is 10.3 Å². The zero-order valence-corrected chi connectivity index (χ0v) is 22.1. The Hall–Kier alpha value is -4.18. The Balaban J connectivity index is 1.47. The molecule has 10 heteroatoms. The molecule has 38 heavy (non-hydrogen) atoms. The van der Waals surface area contributed by atoms with Crippen molar-refractivity contribution < 1.29 is 31.8 Å². The molecule has 0 saturated carbocycles. The first-order chi connectivity index (χ1) is 18.4. The molecule has 9 nitrogen and oxygen atoms in total. The van der Waals surface area contributed by atoms with Crippen molar-refractivity contribution >= 4 is 15.7 Å². The lowest BCUT2D eigenvalue weighted by Gasteiger charge is -2.18. The van der Waals surface area contributed by atoms with E-state index in [0.717, 1.165) is 11.1 Å². The molecule has 2 heterocycles. The Labute approximate surface area is 221 Å². The molecule has 0 unspecified atom stereocenters. The summed E-state index contributed by atoms with van der Waals surface area (Å²) in [6.07, 6.45) is 0.574. The summed E-state index contributed by atoms with van der Waals surface area (Å²) in [7, 11) is -0.893. The fraction of sp³-hybridized carbons (Fsp3) is 0.250. The van der Waals surface area contributed by atoms with Crippen LogP contribution in [-0.2, 0) is 16.3 Å². The number of oxazole rings is 1. The van der Waals surface area contributed by atoms with Crippen molar-refractivity contribution in [2.24, 2.45) is 0 Å². The summed E-state index contributed by atoms with van der Waals surface area (Å²) in [4.78, 5) is 4.47. The molecular formula is C28H28N2O7S. The van der Waals surface area contributed by atoms with Crippen molar-refractivity contribution in [1.82, 2.24) is 4.98 Å². The molecule has 1 aliphatic heterocycles. The highest BCUT2D eigenvalue weighted by molar-refractivity contribution is 7.91. The van der Waals surface area contributed by atoms with Crippen LogP contribution in [0.4, 0.5) is 5.88 Å². The van der Waals surface area contributed by atoms with Crippen LogP contribution in [-0.4, -0.2) is 47.4 Å². The van der Waals surface area contributed by atoms with E-state index in [1.54, 1.807) is 20.3 Å². The van der Waals surface area contributed by atoms with Crippen LogP contribution in [0.2, 0.25) is 0 Å². The first kappa shape index (κ1) is 25.5. The van der Waals surface area contributed by atoms with Gasteiger partial charge in [-0.1, -0.05) is 23.8 Å². The van der Waals surface area contributed by atoms with E-state index in [0.29, 0.717) is 54.7 Å². The van der Waals surface area contributed by atoms with E-state index < -0.39 is 9.84 Å². The number of anilines is 1. The van der Waals surface area contributed by atoms with Gasteiger partial charge in [0.25, 0.3) is 0 Å². The topological polar surface area (TPSA) is 109 Å². The molecule has 3 aromatic carbocycles. The Morgan fingerprint density at radius 3 is 2.47 bits per heavy atom. The first-order valence-electron chi connectivity index (χ1n) is 12.1. The zero-order valence-electron chi connectivity index (χ0n) is 21.3. The van der Waals surface area contributed by atoms with Crippen LogP contribution >= 0.6 is 0 Å². The maximum Gasteiger partial charge on any atom is 0.233 e. The highest BCUT2D eigenvalue weighted by Crippen LogP contribution is 2.37. The van der Waals surface area contributed by atoms with Crippen LogP contribution < -0.4 is 24.3 Å². The molecule has 1 aromatic heterocycles. The van der Waals surface area contributed by atoms with E-state index in [4.69, 9.17) is 23.4 Å². The number of hydrogen-bond donors (Lipinski definition) is 1. The number of ether oxygens (including phenoxy) is 4. The number of fused-ring (bicyclic) bond motifs is 1. The average molecular weight is 537 g/mol. The molecule has 0 bridgehead atoms. The standard InChI is InChI=1S/C28H28N2O7S/c1-18-5-4-6-20(15-18)26-30-28(38(31,32)21-8-10-23-25(17-21)36-14-13-35-23)27(37-26)29-12-11-19-7-9-22(33-2)24(16-19)34-3/h4-10,15-17,29H,11-14H2,1-3H3. The SMILES string of the molecule is COc1ccc(CCNc2oc(-c3cccc(C)c3)nc2S(=O)(=O)c2ccc3c(c2)OCCO3)cc1OC. The van der Waals surface area contributed by atoms with Crippen LogP contribution in [0.3, 0.4) is 0 Å². The predicted octanol–water partition coefficient (Wildman–Crippen LogP) is 4.93. The number of hydrogen-bond acceptors (Lipinski definition) is 9. The first-order valence-corrected chi connectivity index (χ1v) is 13.5. The number of nitrogens with zero attached hydrogens (tertiary/aromatic N) is 1. The number of rotatable bonds is 9. The van der Waals surface area contributed by atoms with Crippen molar-refractivity contribution in [2.45, 2.75) is 23.3 Å². The van der Waals surface area contributed by atoms with Crippen molar-refractivity contribution in [3.05, 3.63) is 71.8 Å². The Morgan fingerprint density at radius 1 is 0.921 bits per heavy atom. The van der Waals surface area contributed by atoms with Gasteiger partial charge in [0.2, 0.25) is 26.6 Å². The second kappa shape index (κ2) is 10.7. The van der Waals surface area contributed by atoms with E-state index in [-0.39, 0.29) is 21.7 Å². The zero-order chi connectivity index (χ0) is 26.7. The van der Waals surface area contributed by atoms with Crippen molar-refractivity contribution in [1.29, 1.82) is 0 Å². The molecule has 0 radical (unpaired) electrons. The predicted molar refractivity (Wildman–Crippen MR) is 141 cm³/mol. The van der Waals surface area contributed by atoms with Crippen molar-refractivity contribution in [2.75, 3.05) is 39.3 Å². The van der Waals surface area contributed by atoms with Crippen LogP contribution in [0.5, 0.6) is 23.0 Å². The van der Waals surface area contributed by atoms with Crippen LogP contribution in [0.25, 0.3) is 11.5 Å². The van der Waals surface area contributed by atoms with Gasteiger partial charge in [0.15, 0.2) is 23.0 Å². The lowest BCUT2D eigenvalue weighted by atomic mass is 10.1. The lowest BCUT2D eigenvalue weighted by Crippen LogP contribution is -2.16. The van der Waals surface area contributed by atoms with Crippen molar-refractivity contribution in [3.8, 4) is 34.5 Å². The number of benzene rings is 3. The minimum Gasteiger partial charge on any atom is -0.493 e. The van der Waals surface area contributed by atoms with Gasteiger partial charge in [-0.15, -0.1) is 0 Å². The molecule has 0 aliphatic carbocycles. The minimum absolute atomic E-state index is 0.0359. The Kier molecular flexibility index (Phi) is 7.15. The van der Waals surface area contributed by atoms with Gasteiger partial charge in [0.1, 0.15) is 13.2 Å². The Morgan fingerprint density at radius 2 is 1.71 bits per heavy atom. The second-order valence-electron chi connectivity index (χ2n) is 8.70. The van der Waals surface area contributed by atoms with Gasteiger partial charge < -0.3 is 28.7 Å². The number of aryl methyl sites for hydroxylation is 1. The lowest BCUT2D eigenvalue weighted by molar-refractivity contribution is 0.171. The summed E-state index contributed by atoms with van der Waals surface area (Å²) in [6, 6.07) is 17.7. The summed E-state index contributed by atoms with van der Waals surface area (Å²) in [5.74, 6) is 2.41. The third kappa shape index (κ3) is 5.12. The largest absolute Gasteiger partial charge is 0.493 e. The van der Waals surface area contributed by atoms with Gasteiger partial charge in [0, 0.05) is 18.2 Å². The molecule has 4 aromatic rings. The van der Waals surface area contributed by atoms with Crippen molar-refractivity contribution in [3.63, 3.8) is 0 Å². The number of nitrogens with one attached hydrogen (secondary N) is 1. The quantitative estimate of drug-likeness (QED) is 0.319. The molecule has 0 amide bonds. The smallest absolute Gasteiger partial charge is 0.233 e. The summed E-state index contributed by atoms with van der Waals surface area (Å²) in [5, 5.41) is 2.94. The number of methoxy groups -OCH3 is 2. The summed E-state index contributed by atoms with van der Waals surface area (Å²) in [5.41, 5.74) is 2.65. The third-order valence-electron chi connectivity index (χ3n) is 6.09. The van der Waals surface area contributed by atoms with Gasteiger partial charge in [-0.05, 0) is 55.3 Å². The second-order valence-corrected chi connectivity index (χ2v) is 10.6. The van der Waals surface area contributed by atoms with Gasteiger partial charge in [-0.25, -0.2) is 8.42 Å². The van der Waals surface area contributed by atoms with E-state index in [9.17, 15) is 8.42 Å². The molecule has 1 aliphatic rings. The molecule has 1 N–H and O–H groups in total. The minimum atomic E-state index is -4.05. The van der Waals surface area contributed by atoms with E-state index in [1.807, 2.05) is 49.4 Å². The highest BCUT2D eigenvalue weighted by atomic mass is 32.2. The number of aromatic nitrogens is 1. The van der Waals surface area contributed by atoms with Crippen LogP contribution in [0, 0.1) is 6.92 Å². The third-order valence-corrected chi connectivity index (χ3v) is 7.75. The van der Waals surface area contributed by atoms with Crippen LogP contribution in [0.1, 0.15) is 11.1 Å².